The molecule has 0 aliphatic heterocycles. The zero-order valence-corrected chi connectivity index (χ0v) is 9.83. The van der Waals surface area contributed by atoms with E-state index in [0.29, 0.717) is 6.04 Å². The molecule has 2 nitrogen and oxygen atoms in total. The minimum atomic E-state index is 0.319. The molecule has 1 aromatic carbocycles. The number of nitrogens with one attached hydrogen (secondary N) is 1. The van der Waals surface area contributed by atoms with Gasteiger partial charge in [0.25, 0.3) is 0 Å². The summed E-state index contributed by atoms with van der Waals surface area (Å²) >= 11 is 0. The van der Waals surface area contributed by atoms with Crippen molar-refractivity contribution < 1.29 is 0 Å². The summed E-state index contributed by atoms with van der Waals surface area (Å²) in [7, 11) is 1.94. The summed E-state index contributed by atoms with van der Waals surface area (Å²) in [6, 6.07) is 8.66. The molecule has 0 bridgehead atoms. The number of benzene rings is 1. The third-order valence-electron chi connectivity index (χ3n) is 2.40. The van der Waals surface area contributed by atoms with Gasteiger partial charge in [-0.25, -0.2) is 0 Å². The molecule has 0 aromatic heterocycles. The molecule has 1 rings (SSSR count). The standard InChI is InChI=1S/C13H20N2/c1-4-7-12-8-5-6-9-13(12)15-10-11(2)14-3/h5-6,8-11,14H,4,7H2,1-3H3. The first-order chi connectivity index (χ1) is 7.27. The number of nitrogens with zero attached hydrogens (tertiary/aromatic N) is 1. The Bertz CT molecular complexity index is 318. The van der Waals surface area contributed by atoms with E-state index >= 15 is 0 Å². The van der Waals surface area contributed by atoms with Gasteiger partial charge in [0.2, 0.25) is 0 Å². The lowest BCUT2D eigenvalue weighted by molar-refractivity contribution is 0.774. The molecule has 0 spiro atoms. The van der Waals surface area contributed by atoms with E-state index in [1.165, 1.54) is 5.56 Å². The Kier molecular flexibility index (Phi) is 5.05. The Hall–Kier alpha value is -1.15. The molecule has 0 amide bonds. The first-order valence-corrected chi connectivity index (χ1v) is 5.57. The van der Waals surface area contributed by atoms with Crippen LogP contribution in [0.4, 0.5) is 5.69 Å². The molecule has 15 heavy (non-hydrogen) atoms. The highest BCUT2D eigenvalue weighted by atomic mass is 14.9. The molecule has 1 unspecified atom stereocenters. The second kappa shape index (κ2) is 6.36. The van der Waals surface area contributed by atoms with Gasteiger partial charge < -0.3 is 5.32 Å². The van der Waals surface area contributed by atoms with Crippen molar-refractivity contribution in [2.45, 2.75) is 32.7 Å². The Balaban J connectivity index is 2.79. The van der Waals surface area contributed by atoms with Crippen LogP contribution in [0, 0.1) is 0 Å². The average Bonchev–Trinajstić information content (AvgIpc) is 2.28. The van der Waals surface area contributed by atoms with Gasteiger partial charge >= 0.3 is 0 Å². The molecular weight excluding hydrogens is 184 g/mol. The van der Waals surface area contributed by atoms with Crippen molar-refractivity contribution in [2.75, 3.05) is 7.05 Å². The largest absolute Gasteiger partial charge is 0.312 e. The van der Waals surface area contributed by atoms with Crippen molar-refractivity contribution in [3.05, 3.63) is 29.8 Å². The lowest BCUT2D eigenvalue weighted by Crippen LogP contribution is -2.22. The van der Waals surface area contributed by atoms with Gasteiger partial charge in [-0.2, -0.15) is 0 Å². The highest BCUT2D eigenvalue weighted by Crippen LogP contribution is 2.19. The van der Waals surface area contributed by atoms with Crippen molar-refractivity contribution in [3.8, 4) is 0 Å². The number of aliphatic imine (C=N–C) groups is 1. The molecule has 1 atom stereocenters. The molecule has 0 aliphatic rings. The summed E-state index contributed by atoms with van der Waals surface area (Å²) < 4.78 is 0. The van der Waals surface area contributed by atoms with Crippen LogP contribution in [0.25, 0.3) is 0 Å². The Morgan fingerprint density at radius 2 is 2.13 bits per heavy atom. The van der Waals surface area contributed by atoms with Gasteiger partial charge in [-0.3, -0.25) is 4.99 Å². The van der Waals surface area contributed by atoms with Gasteiger partial charge in [-0.1, -0.05) is 31.5 Å². The zero-order chi connectivity index (χ0) is 11.1. The fraction of sp³-hybridized carbons (Fsp3) is 0.462. The third-order valence-corrected chi connectivity index (χ3v) is 2.40. The molecule has 2 heteroatoms. The van der Waals surface area contributed by atoms with Crippen LogP contribution in [0.5, 0.6) is 0 Å². The van der Waals surface area contributed by atoms with Crippen LogP contribution in [0.1, 0.15) is 25.8 Å². The average molecular weight is 204 g/mol. The maximum atomic E-state index is 4.51. The highest BCUT2D eigenvalue weighted by molar-refractivity contribution is 5.69. The summed E-state index contributed by atoms with van der Waals surface area (Å²) in [5.74, 6) is 0. The van der Waals surface area contributed by atoms with Crippen molar-refractivity contribution in [3.63, 3.8) is 0 Å². The molecule has 0 heterocycles. The van der Waals surface area contributed by atoms with Crippen LogP contribution in [0.3, 0.4) is 0 Å². The van der Waals surface area contributed by atoms with Gasteiger partial charge in [0.15, 0.2) is 0 Å². The first kappa shape index (κ1) is 11.9. The van der Waals surface area contributed by atoms with E-state index in [9.17, 15) is 0 Å². The number of para-hydroxylation sites is 1. The number of rotatable bonds is 5. The van der Waals surface area contributed by atoms with E-state index in [1.807, 2.05) is 19.3 Å². The van der Waals surface area contributed by atoms with E-state index in [4.69, 9.17) is 0 Å². The Morgan fingerprint density at radius 1 is 1.40 bits per heavy atom. The summed E-state index contributed by atoms with van der Waals surface area (Å²) in [5.41, 5.74) is 2.43. The van der Waals surface area contributed by atoms with Gasteiger partial charge in [-0.15, -0.1) is 0 Å². The maximum absolute atomic E-state index is 4.51. The summed E-state index contributed by atoms with van der Waals surface area (Å²) in [6.07, 6.45) is 4.21. The second-order valence-corrected chi connectivity index (χ2v) is 3.73. The van der Waals surface area contributed by atoms with E-state index < -0.39 is 0 Å². The fourth-order valence-corrected chi connectivity index (χ4v) is 1.38. The number of hydrogen-bond donors (Lipinski definition) is 1. The van der Waals surface area contributed by atoms with E-state index in [0.717, 1.165) is 18.5 Å². The minimum absolute atomic E-state index is 0.319. The molecule has 1 aromatic rings. The predicted molar refractivity (Wildman–Crippen MR) is 67.1 cm³/mol. The van der Waals surface area contributed by atoms with Crippen LogP contribution < -0.4 is 5.32 Å². The van der Waals surface area contributed by atoms with Gasteiger partial charge in [0.05, 0.1) is 5.69 Å². The van der Waals surface area contributed by atoms with Crippen LogP contribution in [0.15, 0.2) is 29.3 Å². The summed E-state index contributed by atoms with van der Waals surface area (Å²) in [5, 5.41) is 3.14. The molecule has 82 valence electrons. The van der Waals surface area contributed by atoms with Crippen molar-refractivity contribution >= 4 is 11.9 Å². The van der Waals surface area contributed by atoms with Crippen molar-refractivity contribution in [1.29, 1.82) is 0 Å². The molecular formula is C13H20N2. The zero-order valence-electron chi connectivity index (χ0n) is 9.83. The van der Waals surface area contributed by atoms with Gasteiger partial charge in [0, 0.05) is 12.3 Å². The van der Waals surface area contributed by atoms with E-state index in [2.05, 4.69) is 42.4 Å². The molecule has 0 saturated carbocycles. The predicted octanol–water partition coefficient (Wildman–Crippen LogP) is 2.95. The number of aryl methyl sites for hydroxylation is 1. The van der Waals surface area contributed by atoms with Gasteiger partial charge in [0.1, 0.15) is 0 Å². The van der Waals surface area contributed by atoms with Gasteiger partial charge in [-0.05, 0) is 32.0 Å². The van der Waals surface area contributed by atoms with Crippen LogP contribution in [-0.4, -0.2) is 19.3 Å². The maximum Gasteiger partial charge on any atom is 0.0658 e. The first-order valence-electron chi connectivity index (χ1n) is 5.57. The normalized spacial score (nSPS) is 13.3. The van der Waals surface area contributed by atoms with Crippen LogP contribution >= 0.6 is 0 Å². The van der Waals surface area contributed by atoms with Crippen LogP contribution in [-0.2, 0) is 6.42 Å². The molecule has 0 saturated heterocycles. The molecule has 0 fully saturated rings. The Morgan fingerprint density at radius 3 is 2.80 bits per heavy atom. The van der Waals surface area contributed by atoms with E-state index in [1.54, 1.807) is 0 Å². The van der Waals surface area contributed by atoms with Crippen LogP contribution in [0.2, 0.25) is 0 Å². The van der Waals surface area contributed by atoms with Crippen molar-refractivity contribution in [1.82, 2.24) is 5.32 Å². The molecule has 0 aliphatic carbocycles. The summed E-state index contributed by atoms with van der Waals surface area (Å²) in [6.45, 7) is 4.28. The lowest BCUT2D eigenvalue weighted by Gasteiger charge is -2.05. The molecule has 0 radical (unpaired) electrons. The second-order valence-electron chi connectivity index (χ2n) is 3.73. The fourth-order valence-electron chi connectivity index (χ4n) is 1.38. The number of hydrogen-bond acceptors (Lipinski definition) is 2. The SMILES string of the molecule is CCCc1ccccc1N=CC(C)NC. The highest BCUT2D eigenvalue weighted by Gasteiger charge is 1.98. The topological polar surface area (TPSA) is 24.4 Å². The monoisotopic (exact) mass is 204 g/mol. The molecule has 1 N–H and O–H groups in total. The van der Waals surface area contributed by atoms with Crippen molar-refractivity contribution in [2.24, 2.45) is 4.99 Å². The van der Waals surface area contributed by atoms with E-state index in [-0.39, 0.29) is 0 Å². The minimum Gasteiger partial charge on any atom is -0.312 e. The lowest BCUT2D eigenvalue weighted by atomic mass is 10.1. The quantitative estimate of drug-likeness (QED) is 0.733. The third kappa shape index (κ3) is 3.84. The Labute approximate surface area is 92.4 Å². The smallest absolute Gasteiger partial charge is 0.0658 e. The summed E-state index contributed by atoms with van der Waals surface area (Å²) in [4.78, 5) is 4.51.